The van der Waals surface area contributed by atoms with E-state index in [1.807, 2.05) is 0 Å². The summed E-state index contributed by atoms with van der Waals surface area (Å²) in [5, 5.41) is 0. The summed E-state index contributed by atoms with van der Waals surface area (Å²) in [5.74, 6) is -12.7. The van der Waals surface area contributed by atoms with E-state index in [2.05, 4.69) is 0 Å². The number of esters is 4. The minimum Gasteiger partial charge on any atom is -0.493 e. The maximum absolute atomic E-state index is 13.4. The van der Waals surface area contributed by atoms with Gasteiger partial charge in [0, 0.05) is 30.7 Å². The van der Waals surface area contributed by atoms with Crippen LogP contribution in [0.15, 0.2) is 121 Å². The second-order valence-corrected chi connectivity index (χ2v) is 12.1. The van der Waals surface area contributed by atoms with E-state index in [-0.39, 0.29) is 47.0 Å². The van der Waals surface area contributed by atoms with Crippen molar-refractivity contribution in [3.63, 3.8) is 0 Å². The lowest BCUT2D eigenvalue weighted by Crippen LogP contribution is -2.11. The van der Waals surface area contributed by atoms with E-state index in [9.17, 15) is 45.5 Å². The van der Waals surface area contributed by atoms with Crippen LogP contribution in [0.2, 0.25) is 0 Å². The lowest BCUT2D eigenvalue weighted by atomic mass is 10.2. The first-order valence-electron chi connectivity index (χ1n) is 17.2. The van der Waals surface area contributed by atoms with Gasteiger partial charge in [-0.25, -0.2) is 45.5 Å². The molecule has 0 amide bonds. The third-order valence-electron chi connectivity index (χ3n) is 7.94. The minimum atomic E-state index is -1.70. The van der Waals surface area contributed by atoms with Crippen molar-refractivity contribution in [3.8, 4) is 34.5 Å². The normalized spacial score (nSPS) is 10.7. The molecule has 0 heterocycles. The van der Waals surface area contributed by atoms with Crippen molar-refractivity contribution in [2.75, 3.05) is 13.2 Å². The topological polar surface area (TPSA) is 124 Å². The summed E-state index contributed by atoms with van der Waals surface area (Å²) in [7, 11) is 0. The molecule has 300 valence electrons. The van der Waals surface area contributed by atoms with Gasteiger partial charge in [-0.2, -0.15) is 0 Å². The molecule has 0 fully saturated rings. The Morgan fingerprint density at radius 3 is 0.847 bits per heavy atom. The second-order valence-electron chi connectivity index (χ2n) is 12.1. The maximum atomic E-state index is 13.4. The summed E-state index contributed by atoms with van der Waals surface area (Å²) < 4.78 is 112. The summed E-state index contributed by atoms with van der Waals surface area (Å²) >= 11 is 0. The van der Waals surface area contributed by atoms with Gasteiger partial charge in [-0.15, -0.1) is 0 Å². The molecule has 6 rings (SSSR count). The molecule has 6 aromatic carbocycles. The molecular weight excluding hydrogens is 790 g/mol. The highest BCUT2D eigenvalue weighted by molar-refractivity contribution is 5.94. The molecule has 6 aromatic rings. The van der Waals surface area contributed by atoms with E-state index < -0.39 is 70.3 Å². The van der Waals surface area contributed by atoms with Crippen LogP contribution in [0.3, 0.4) is 0 Å². The van der Waals surface area contributed by atoms with E-state index in [1.165, 1.54) is 72.8 Å². The number of carbonyl (C=O) groups excluding carboxylic acids is 4. The highest BCUT2D eigenvalue weighted by Crippen LogP contribution is 2.24. The van der Waals surface area contributed by atoms with Gasteiger partial charge in [0.15, 0.2) is 34.9 Å². The van der Waals surface area contributed by atoms with Crippen LogP contribution >= 0.6 is 0 Å². The first kappa shape index (κ1) is 41.0. The fourth-order valence-corrected chi connectivity index (χ4v) is 4.98. The zero-order valence-corrected chi connectivity index (χ0v) is 30.0. The predicted molar refractivity (Wildman–Crippen MR) is 194 cm³/mol. The molecule has 10 nitrogen and oxygen atoms in total. The molecule has 0 atom stereocenters. The second kappa shape index (κ2) is 18.5. The number of rotatable bonds is 14. The molecule has 0 aliphatic rings. The minimum absolute atomic E-state index is 0.0287. The first-order valence-corrected chi connectivity index (χ1v) is 17.2. The van der Waals surface area contributed by atoms with Crippen LogP contribution < -0.4 is 28.4 Å². The van der Waals surface area contributed by atoms with Crippen LogP contribution in [-0.2, 0) is 0 Å². The molecule has 0 saturated heterocycles. The van der Waals surface area contributed by atoms with Crippen LogP contribution in [0, 0.1) is 34.9 Å². The maximum Gasteiger partial charge on any atom is 0.343 e. The van der Waals surface area contributed by atoms with E-state index in [4.69, 9.17) is 28.4 Å². The Balaban J connectivity index is 0.884. The Hall–Kier alpha value is -7.62. The average Bonchev–Trinajstić information content (AvgIpc) is 3.22. The number of benzene rings is 6. The number of ether oxygens (including phenoxy) is 6. The summed E-state index contributed by atoms with van der Waals surface area (Å²) in [6.07, 6.45) is 0.482. The fourth-order valence-electron chi connectivity index (χ4n) is 4.98. The largest absolute Gasteiger partial charge is 0.493 e. The van der Waals surface area contributed by atoms with Crippen molar-refractivity contribution < 1.29 is 73.9 Å². The summed E-state index contributed by atoms with van der Waals surface area (Å²) in [5.41, 5.74) is 0.351. The van der Waals surface area contributed by atoms with E-state index in [0.717, 1.165) is 0 Å². The van der Waals surface area contributed by atoms with Gasteiger partial charge in [0.25, 0.3) is 0 Å². The number of hydrogen-bond donors (Lipinski definition) is 0. The van der Waals surface area contributed by atoms with Crippen LogP contribution in [0.5, 0.6) is 34.5 Å². The van der Waals surface area contributed by atoms with Gasteiger partial charge in [0.05, 0.1) is 35.5 Å². The quantitative estimate of drug-likeness (QED) is 0.0346. The molecule has 0 bridgehead atoms. The molecule has 0 aliphatic heterocycles. The van der Waals surface area contributed by atoms with Crippen molar-refractivity contribution in [1.29, 1.82) is 0 Å². The molecule has 0 aliphatic carbocycles. The third kappa shape index (κ3) is 10.8. The summed E-state index contributed by atoms with van der Waals surface area (Å²) in [6, 6.07) is 24.7. The van der Waals surface area contributed by atoms with Crippen molar-refractivity contribution >= 4 is 23.9 Å². The van der Waals surface area contributed by atoms with E-state index in [1.54, 1.807) is 24.3 Å². The standard InChI is InChI=1S/C43H26F6O10/c44-34-20-32(21-35(45)38(34)48)58-42(52)26-6-14-30(15-7-26)56-40(50)24-2-10-28(11-3-24)54-18-1-19-55-29-12-4-25(5-13-29)41(51)57-31-16-8-27(9-17-31)43(53)59-33-22-36(46)39(49)37(47)23-33/h2-17,20-23H,1,18-19H2. The van der Waals surface area contributed by atoms with Crippen molar-refractivity contribution in [2.45, 2.75) is 6.42 Å². The van der Waals surface area contributed by atoms with Gasteiger partial charge >= 0.3 is 23.9 Å². The van der Waals surface area contributed by atoms with Crippen molar-refractivity contribution in [3.05, 3.63) is 178 Å². The lowest BCUT2D eigenvalue weighted by Gasteiger charge is -2.10. The van der Waals surface area contributed by atoms with Crippen LogP contribution in [0.1, 0.15) is 47.9 Å². The van der Waals surface area contributed by atoms with Crippen LogP contribution in [0.25, 0.3) is 0 Å². The molecule has 0 spiro atoms. The third-order valence-corrected chi connectivity index (χ3v) is 7.94. The Kier molecular flexibility index (Phi) is 12.9. The van der Waals surface area contributed by atoms with Crippen molar-refractivity contribution in [1.82, 2.24) is 0 Å². The van der Waals surface area contributed by atoms with Gasteiger partial charge in [-0.3, -0.25) is 0 Å². The molecule has 0 unspecified atom stereocenters. The molecule has 59 heavy (non-hydrogen) atoms. The van der Waals surface area contributed by atoms with Crippen LogP contribution in [-0.4, -0.2) is 37.1 Å². The SMILES string of the molecule is O=C(Oc1ccc(C(=O)Oc2cc(F)c(F)c(F)c2)cc1)c1ccc(OCCCOc2ccc(C(=O)Oc3ccc(C(=O)Oc4cc(F)c(F)c(F)c4)cc3)cc2)cc1. The Labute approximate surface area is 330 Å². The predicted octanol–water partition coefficient (Wildman–Crippen LogP) is 9.25. The molecule has 16 heteroatoms. The zero-order chi connectivity index (χ0) is 42.1. The van der Waals surface area contributed by atoms with Gasteiger partial charge in [0.1, 0.15) is 34.5 Å². The number of carbonyl (C=O) groups is 4. The Bertz CT molecular complexity index is 2270. The summed E-state index contributed by atoms with van der Waals surface area (Å²) in [6.45, 7) is 0.543. The smallest absolute Gasteiger partial charge is 0.343 e. The molecule has 0 N–H and O–H groups in total. The molecular formula is C43H26F6O10. The van der Waals surface area contributed by atoms with Gasteiger partial charge in [-0.1, -0.05) is 0 Å². The first-order chi connectivity index (χ1) is 28.3. The average molecular weight is 817 g/mol. The number of halogens is 6. The van der Waals surface area contributed by atoms with Crippen molar-refractivity contribution in [2.24, 2.45) is 0 Å². The molecule has 0 aromatic heterocycles. The fraction of sp³-hybridized carbons (Fsp3) is 0.0698. The van der Waals surface area contributed by atoms with E-state index >= 15 is 0 Å². The molecule has 0 saturated carbocycles. The zero-order valence-electron chi connectivity index (χ0n) is 30.0. The monoisotopic (exact) mass is 816 g/mol. The Morgan fingerprint density at radius 2 is 0.576 bits per heavy atom. The lowest BCUT2D eigenvalue weighted by molar-refractivity contribution is 0.0719. The molecule has 0 radical (unpaired) electrons. The Morgan fingerprint density at radius 1 is 0.339 bits per heavy atom. The van der Waals surface area contributed by atoms with Crippen LogP contribution in [0.4, 0.5) is 26.3 Å². The van der Waals surface area contributed by atoms with Gasteiger partial charge in [0.2, 0.25) is 0 Å². The highest BCUT2D eigenvalue weighted by Gasteiger charge is 2.18. The highest BCUT2D eigenvalue weighted by atomic mass is 19.2. The number of hydrogen-bond acceptors (Lipinski definition) is 10. The summed E-state index contributed by atoms with van der Waals surface area (Å²) in [4.78, 5) is 49.8. The van der Waals surface area contributed by atoms with E-state index in [0.29, 0.717) is 42.2 Å². The van der Waals surface area contributed by atoms with Gasteiger partial charge < -0.3 is 28.4 Å². The van der Waals surface area contributed by atoms with Gasteiger partial charge in [-0.05, 0) is 97.1 Å².